The van der Waals surface area contributed by atoms with E-state index in [9.17, 15) is 8.78 Å². The van der Waals surface area contributed by atoms with E-state index in [-0.39, 0.29) is 30.5 Å². The van der Waals surface area contributed by atoms with Crippen LogP contribution in [0.1, 0.15) is 5.56 Å². The van der Waals surface area contributed by atoms with Crippen LogP contribution in [0.3, 0.4) is 0 Å². The molecule has 2 rings (SSSR count). The Labute approximate surface area is 149 Å². The third-order valence-corrected chi connectivity index (χ3v) is 3.92. The summed E-state index contributed by atoms with van der Waals surface area (Å²) in [5, 5.41) is 0. The number of guanidine groups is 1. The van der Waals surface area contributed by atoms with Crippen LogP contribution in [0, 0.1) is 0 Å². The summed E-state index contributed by atoms with van der Waals surface area (Å²) in [6.07, 6.45) is 0.479. The second-order valence-corrected chi connectivity index (χ2v) is 5.68. The molecule has 2 heterocycles. The van der Waals surface area contributed by atoms with Crippen LogP contribution in [0.15, 0.2) is 23.5 Å². The van der Waals surface area contributed by atoms with Crippen molar-refractivity contribution in [2.45, 2.75) is 13.0 Å². The fourth-order valence-corrected chi connectivity index (χ4v) is 2.78. The Morgan fingerprint density at radius 2 is 2.18 bits per heavy atom. The molecule has 0 spiro atoms. The van der Waals surface area contributed by atoms with Crippen molar-refractivity contribution < 1.29 is 13.5 Å². The Morgan fingerprint density at radius 3 is 2.86 bits per heavy atom. The molecule has 5 nitrogen and oxygen atoms in total. The minimum absolute atomic E-state index is 0. The van der Waals surface area contributed by atoms with E-state index >= 15 is 0 Å². The van der Waals surface area contributed by atoms with E-state index in [1.54, 1.807) is 12.3 Å². The SMILES string of the molecule is I.NC(=NCc1ccncc1OCC(F)F)N1CCSCC1. The number of rotatable bonds is 5. The zero-order chi connectivity index (χ0) is 15.1. The van der Waals surface area contributed by atoms with E-state index in [0.29, 0.717) is 17.3 Å². The number of hydrogen-bond acceptors (Lipinski definition) is 4. The summed E-state index contributed by atoms with van der Waals surface area (Å²) in [5.74, 6) is 2.87. The molecule has 0 unspecified atom stereocenters. The van der Waals surface area contributed by atoms with Gasteiger partial charge in [0.15, 0.2) is 5.96 Å². The molecule has 0 aromatic carbocycles. The van der Waals surface area contributed by atoms with Crippen LogP contribution in [-0.4, -0.2) is 53.5 Å². The molecule has 124 valence electrons. The molecule has 0 atom stereocenters. The fraction of sp³-hybridized carbons (Fsp3) is 0.538. The quantitative estimate of drug-likeness (QED) is 0.429. The highest BCUT2D eigenvalue weighted by atomic mass is 127. The van der Waals surface area contributed by atoms with Crippen molar-refractivity contribution in [3.05, 3.63) is 24.0 Å². The van der Waals surface area contributed by atoms with Crippen molar-refractivity contribution >= 4 is 41.7 Å². The predicted molar refractivity (Wildman–Crippen MR) is 95.4 cm³/mol. The summed E-state index contributed by atoms with van der Waals surface area (Å²) in [5.41, 5.74) is 6.65. The summed E-state index contributed by atoms with van der Waals surface area (Å²) < 4.78 is 29.5. The average molecular weight is 444 g/mol. The zero-order valence-corrected chi connectivity index (χ0v) is 15.1. The van der Waals surface area contributed by atoms with Crippen molar-refractivity contribution in [2.75, 3.05) is 31.2 Å². The third kappa shape index (κ3) is 6.11. The summed E-state index contributed by atoms with van der Waals surface area (Å²) in [4.78, 5) is 10.2. The van der Waals surface area contributed by atoms with Gasteiger partial charge in [0.05, 0.1) is 12.7 Å². The van der Waals surface area contributed by atoms with Gasteiger partial charge in [-0.1, -0.05) is 0 Å². The lowest BCUT2D eigenvalue weighted by Crippen LogP contribution is -2.42. The van der Waals surface area contributed by atoms with Gasteiger partial charge in [-0.2, -0.15) is 11.8 Å². The number of halogens is 3. The van der Waals surface area contributed by atoms with E-state index in [0.717, 1.165) is 24.6 Å². The maximum absolute atomic E-state index is 12.2. The highest BCUT2D eigenvalue weighted by Crippen LogP contribution is 2.18. The Hall–Kier alpha value is -0.840. The van der Waals surface area contributed by atoms with Gasteiger partial charge in [0.2, 0.25) is 0 Å². The number of ether oxygens (including phenoxy) is 1. The predicted octanol–water partition coefficient (Wildman–Crippen LogP) is 2.21. The van der Waals surface area contributed by atoms with Crippen LogP contribution < -0.4 is 10.5 Å². The number of nitrogens with two attached hydrogens (primary N) is 1. The molecule has 0 radical (unpaired) electrons. The molecule has 22 heavy (non-hydrogen) atoms. The fourth-order valence-electron chi connectivity index (χ4n) is 1.88. The van der Waals surface area contributed by atoms with Gasteiger partial charge in [-0.25, -0.2) is 13.8 Å². The lowest BCUT2D eigenvalue weighted by molar-refractivity contribution is 0.0812. The highest BCUT2D eigenvalue weighted by Gasteiger charge is 2.13. The standard InChI is InChI=1S/C13H18F2N4OS.HI/c14-12(15)9-20-11-8-17-2-1-10(11)7-18-13(16)19-3-5-21-6-4-19;/h1-2,8,12H,3-7,9H2,(H2,16,18);1H. The van der Waals surface area contributed by atoms with Gasteiger partial charge in [-0.05, 0) is 6.07 Å². The van der Waals surface area contributed by atoms with Crippen LogP contribution in [0.2, 0.25) is 0 Å². The van der Waals surface area contributed by atoms with Crippen LogP contribution >= 0.6 is 35.7 Å². The van der Waals surface area contributed by atoms with E-state index in [1.165, 1.54) is 6.20 Å². The number of hydrogen-bond donors (Lipinski definition) is 1. The number of alkyl halides is 2. The Kier molecular flexibility index (Phi) is 8.76. The number of aliphatic imine (C=N–C) groups is 1. The number of aromatic nitrogens is 1. The first-order valence-corrected chi connectivity index (χ1v) is 7.78. The molecule has 1 fully saturated rings. The molecule has 2 N–H and O–H groups in total. The molecule has 1 saturated heterocycles. The van der Waals surface area contributed by atoms with Gasteiger partial charge in [0.25, 0.3) is 6.43 Å². The molecule has 0 aliphatic carbocycles. The van der Waals surface area contributed by atoms with Crippen molar-refractivity contribution in [1.29, 1.82) is 0 Å². The number of thioether (sulfide) groups is 1. The van der Waals surface area contributed by atoms with Crippen LogP contribution in [-0.2, 0) is 6.54 Å². The second kappa shape index (κ2) is 10.0. The lowest BCUT2D eigenvalue weighted by Gasteiger charge is -2.27. The molecule has 0 bridgehead atoms. The van der Waals surface area contributed by atoms with Gasteiger partial charge in [0, 0.05) is 36.4 Å². The topological polar surface area (TPSA) is 63.7 Å². The first-order chi connectivity index (χ1) is 10.2. The maximum atomic E-state index is 12.2. The molecule has 0 amide bonds. The van der Waals surface area contributed by atoms with Crippen molar-refractivity contribution in [1.82, 2.24) is 9.88 Å². The molecule has 9 heteroatoms. The van der Waals surface area contributed by atoms with Crippen molar-refractivity contribution in [3.8, 4) is 5.75 Å². The van der Waals surface area contributed by atoms with E-state index in [4.69, 9.17) is 10.5 Å². The molecule has 1 aromatic rings. The monoisotopic (exact) mass is 444 g/mol. The van der Waals surface area contributed by atoms with Gasteiger partial charge < -0.3 is 15.4 Å². The van der Waals surface area contributed by atoms with Crippen LogP contribution in [0.5, 0.6) is 5.75 Å². The van der Waals surface area contributed by atoms with E-state index in [1.807, 2.05) is 16.7 Å². The van der Waals surface area contributed by atoms with Crippen molar-refractivity contribution in [3.63, 3.8) is 0 Å². The smallest absolute Gasteiger partial charge is 0.272 e. The first-order valence-electron chi connectivity index (χ1n) is 6.63. The summed E-state index contributed by atoms with van der Waals surface area (Å²) in [6, 6.07) is 1.70. The third-order valence-electron chi connectivity index (χ3n) is 2.98. The first kappa shape index (κ1) is 19.2. The normalized spacial score (nSPS) is 15.6. The molecular formula is C13H19F2IN4OS. The zero-order valence-electron chi connectivity index (χ0n) is 12.0. The van der Waals surface area contributed by atoms with E-state index < -0.39 is 13.0 Å². The second-order valence-electron chi connectivity index (χ2n) is 4.46. The van der Waals surface area contributed by atoms with Crippen LogP contribution in [0.25, 0.3) is 0 Å². The number of pyridine rings is 1. The molecule has 0 saturated carbocycles. The van der Waals surface area contributed by atoms with Gasteiger partial charge in [0.1, 0.15) is 12.4 Å². The molecular weight excluding hydrogens is 425 g/mol. The molecule has 1 aliphatic heterocycles. The Bertz CT molecular complexity index is 487. The Morgan fingerprint density at radius 1 is 1.45 bits per heavy atom. The minimum atomic E-state index is -2.52. The summed E-state index contributed by atoms with van der Waals surface area (Å²) in [6.45, 7) is 1.40. The summed E-state index contributed by atoms with van der Waals surface area (Å²) in [7, 11) is 0. The average Bonchev–Trinajstić information content (AvgIpc) is 2.52. The highest BCUT2D eigenvalue weighted by molar-refractivity contribution is 14.0. The lowest BCUT2D eigenvalue weighted by atomic mass is 10.2. The molecule has 1 aromatic heterocycles. The van der Waals surface area contributed by atoms with E-state index in [2.05, 4.69) is 9.98 Å². The summed E-state index contributed by atoms with van der Waals surface area (Å²) >= 11 is 1.89. The number of nitrogens with zero attached hydrogens (tertiary/aromatic N) is 3. The van der Waals surface area contributed by atoms with Gasteiger partial charge >= 0.3 is 0 Å². The van der Waals surface area contributed by atoms with Gasteiger partial charge in [-0.3, -0.25) is 4.98 Å². The van der Waals surface area contributed by atoms with Crippen molar-refractivity contribution in [2.24, 2.45) is 10.7 Å². The van der Waals surface area contributed by atoms with Gasteiger partial charge in [-0.15, -0.1) is 24.0 Å². The minimum Gasteiger partial charge on any atom is -0.486 e. The van der Waals surface area contributed by atoms with Crippen LogP contribution in [0.4, 0.5) is 8.78 Å². The maximum Gasteiger partial charge on any atom is 0.272 e. The largest absolute Gasteiger partial charge is 0.486 e. The molecule has 1 aliphatic rings. The Balaban J connectivity index is 0.00000242.